The average molecular weight is 293 g/mol. The average Bonchev–Trinajstić information content (AvgIpc) is 3.12. The van der Waals surface area contributed by atoms with E-state index in [9.17, 15) is 4.79 Å². The molecule has 21 heavy (non-hydrogen) atoms. The molecule has 0 aliphatic rings. The van der Waals surface area contributed by atoms with Gasteiger partial charge in [-0.1, -0.05) is 12.1 Å². The molecule has 8 heteroatoms. The molecule has 0 radical (unpaired) electrons. The van der Waals surface area contributed by atoms with Crippen LogP contribution in [0, 0.1) is 0 Å². The van der Waals surface area contributed by atoms with Gasteiger partial charge < -0.3 is 14.6 Å². The minimum atomic E-state index is -0.299. The Balaban J connectivity index is 1.80. The molecule has 2 aromatic heterocycles. The lowest BCUT2D eigenvalue weighted by Gasteiger charge is -2.14. The number of carbonyl (C=O) groups is 1. The largest absolute Gasteiger partial charge is 0.377 e. The lowest BCUT2D eigenvalue weighted by molar-refractivity contribution is -0.124. The van der Waals surface area contributed by atoms with Crippen LogP contribution in [0.15, 0.2) is 23.0 Å². The van der Waals surface area contributed by atoms with Gasteiger partial charge in [0.2, 0.25) is 11.8 Å². The second-order valence-corrected chi connectivity index (χ2v) is 4.49. The summed E-state index contributed by atoms with van der Waals surface area (Å²) in [5.74, 6) is 0.911. The SMILES string of the molecule is CC[C@H](C(=O)NCCc1nc(COC)no1)n1cccn1. The lowest BCUT2D eigenvalue weighted by Crippen LogP contribution is -2.33. The Morgan fingerprint density at radius 1 is 1.57 bits per heavy atom. The van der Waals surface area contributed by atoms with Crippen molar-refractivity contribution in [2.45, 2.75) is 32.4 Å². The van der Waals surface area contributed by atoms with Crippen molar-refractivity contribution in [3.05, 3.63) is 30.2 Å². The van der Waals surface area contributed by atoms with Crippen LogP contribution in [0.25, 0.3) is 0 Å². The first-order chi connectivity index (χ1) is 10.2. The minimum Gasteiger partial charge on any atom is -0.377 e. The molecular weight excluding hydrogens is 274 g/mol. The quantitative estimate of drug-likeness (QED) is 0.770. The summed E-state index contributed by atoms with van der Waals surface area (Å²) in [5, 5.41) is 10.7. The number of aromatic nitrogens is 4. The van der Waals surface area contributed by atoms with E-state index in [4.69, 9.17) is 9.26 Å². The third-order valence-electron chi connectivity index (χ3n) is 2.96. The predicted molar refractivity (Wildman–Crippen MR) is 73.3 cm³/mol. The maximum Gasteiger partial charge on any atom is 0.244 e. The molecule has 0 fully saturated rings. The van der Waals surface area contributed by atoms with Crippen LogP contribution >= 0.6 is 0 Å². The minimum absolute atomic E-state index is 0.0715. The summed E-state index contributed by atoms with van der Waals surface area (Å²) in [6, 6.07) is 1.50. The van der Waals surface area contributed by atoms with Gasteiger partial charge in [-0.2, -0.15) is 10.1 Å². The number of nitrogens with one attached hydrogen (secondary N) is 1. The summed E-state index contributed by atoms with van der Waals surface area (Å²) in [6.45, 7) is 2.69. The molecule has 2 rings (SSSR count). The van der Waals surface area contributed by atoms with E-state index in [0.717, 1.165) is 0 Å². The fourth-order valence-electron chi connectivity index (χ4n) is 1.95. The van der Waals surface area contributed by atoms with E-state index in [1.54, 1.807) is 30.3 Å². The second-order valence-electron chi connectivity index (χ2n) is 4.49. The van der Waals surface area contributed by atoms with Gasteiger partial charge in [0.25, 0.3) is 0 Å². The van der Waals surface area contributed by atoms with Gasteiger partial charge in [-0.05, 0) is 12.5 Å². The van der Waals surface area contributed by atoms with Crippen LogP contribution < -0.4 is 5.32 Å². The van der Waals surface area contributed by atoms with E-state index in [2.05, 4.69) is 20.6 Å². The summed E-state index contributed by atoms with van der Waals surface area (Å²) in [4.78, 5) is 16.3. The normalized spacial score (nSPS) is 12.3. The zero-order valence-corrected chi connectivity index (χ0v) is 12.2. The molecule has 1 atom stereocenters. The first-order valence-corrected chi connectivity index (χ1v) is 6.81. The standard InChI is InChI=1S/C13H19N5O3/c1-3-10(18-8-4-6-15-18)13(19)14-7-5-12-16-11(9-20-2)17-21-12/h4,6,8,10H,3,5,7,9H2,1-2H3,(H,14,19)/t10-/m1/s1. The van der Waals surface area contributed by atoms with Crippen molar-refractivity contribution in [3.63, 3.8) is 0 Å². The van der Waals surface area contributed by atoms with Gasteiger partial charge in [0.05, 0.1) is 0 Å². The van der Waals surface area contributed by atoms with Gasteiger partial charge in [-0.25, -0.2) is 0 Å². The fraction of sp³-hybridized carbons (Fsp3) is 0.538. The highest BCUT2D eigenvalue weighted by molar-refractivity contribution is 5.80. The van der Waals surface area contributed by atoms with Gasteiger partial charge in [0, 0.05) is 32.5 Å². The van der Waals surface area contributed by atoms with Crippen molar-refractivity contribution < 1.29 is 14.1 Å². The van der Waals surface area contributed by atoms with Crippen LogP contribution in [-0.4, -0.2) is 39.5 Å². The van der Waals surface area contributed by atoms with E-state index in [1.165, 1.54) is 0 Å². The number of hydrogen-bond donors (Lipinski definition) is 1. The number of nitrogens with zero attached hydrogens (tertiary/aromatic N) is 4. The van der Waals surface area contributed by atoms with E-state index >= 15 is 0 Å². The first-order valence-electron chi connectivity index (χ1n) is 6.81. The first kappa shape index (κ1) is 15.2. The zero-order chi connectivity index (χ0) is 15.1. The van der Waals surface area contributed by atoms with Gasteiger partial charge >= 0.3 is 0 Å². The van der Waals surface area contributed by atoms with Crippen LogP contribution in [0.3, 0.4) is 0 Å². The summed E-state index contributed by atoms with van der Waals surface area (Å²) >= 11 is 0. The molecule has 1 N–H and O–H groups in total. The summed E-state index contributed by atoms with van der Waals surface area (Å²) < 4.78 is 11.6. The molecule has 2 aromatic rings. The predicted octanol–water partition coefficient (Wildman–Crippen LogP) is 0.722. The molecule has 8 nitrogen and oxygen atoms in total. The number of hydrogen-bond acceptors (Lipinski definition) is 6. The monoisotopic (exact) mass is 293 g/mol. The Morgan fingerprint density at radius 2 is 2.43 bits per heavy atom. The molecule has 0 unspecified atom stereocenters. The Kier molecular flexibility index (Phi) is 5.44. The number of amides is 1. The number of carbonyl (C=O) groups excluding carboxylic acids is 1. The third kappa shape index (κ3) is 4.12. The van der Waals surface area contributed by atoms with Crippen molar-refractivity contribution in [2.75, 3.05) is 13.7 Å². The fourth-order valence-corrected chi connectivity index (χ4v) is 1.95. The van der Waals surface area contributed by atoms with Crippen molar-refractivity contribution in [1.82, 2.24) is 25.2 Å². The van der Waals surface area contributed by atoms with Crippen molar-refractivity contribution >= 4 is 5.91 Å². The zero-order valence-electron chi connectivity index (χ0n) is 12.2. The Morgan fingerprint density at radius 3 is 3.10 bits per heavy atom. The molecule has 0 aliphatic carbocycles. The van der Waals surface area contributed by atoms with Crippen LogP contribution in [0.1, 0.15) is 31.1 Å². The molecule has 0 saturated heterocycles. The van der Waals surface area contributed by atoms with Gasteiger partial charge in [-0.15, -0.1) is 0 Å². The van der Waals surface area contributed by atoms with Gasteiger partial charge in [0.15, 0.2) is 5.82 Å². The van der Waals surface area contributed by atoms with Crippen LogP contribution in [0.2, 0.25) is 0 Å². The van der Waals surface area contributed by atoms with E-state index in [-0.39, 0.29) is 11.9 Å². The van der Waals surface area contributed by atoms with Crippen LogP contribution in [-0.2, 0) is 22.6 Å². The third-order valence-corrected chi connectivity index (χ3v) is 2.96. The van der Waals surface area contributed by atoms with E-state index < -0.39 is 0 Å². The highest BCUT2D eigenvalue weighted by Gasteiger charge is 2.18. The second kappa shape index (κ2) is 7.53. The molecule has 0 spiro atoms. The van der Waals surface area contributed by atoms with Crippen molar-refractivity contribution in [3.8, 4) is 0 Å². The number of ether oxygens (including phenoxy) is 1. The van der Waals surface area contributed by atoms with Crippen LogP contribution in [0.5, 0.6) is 0 Å². The maximum absolute atomic E-state index is 12.1. The summed E-state index contributed by atoms with van der Waals surface area (Å²) in [7, 11) is 1.57. The molecule has 114 valence electrons. The molecule has 0 bridgehead atoms. The Hall–Kier alpha value is -2.22. The van der Waals surface area contributed by atoms with E-state index in [0.29, 0.717) is 37.7 Å². The Labute approximate surface area is 122 Å². The topological polar surface area (TPSA) is 95.1 Å². The molecule has 0 saturated carbocycles. The Bertz CT molecular complexity index is 552. The highest BCUT2D eigenvalue weighted by atomic mass is 16.5. The highest BCUT2D eigenvalue weighted by Crippen LogP contribution is 2.09. The number of methoxy groups -OCH3 is 1. The summed E-state index contributed by atoms with van der Waals surface area (Å²) in [6.07, 6.45) is 4.60. The lowest BCUT2D eigenvalue weighted by atomic mass is 10.2. The molecule has 0 aromatic carbocycles. The van der Waals surface area contributed by atoms with Gasteiger partial charge in [0.1, 0.15) is 12.6 Å². The molecule has 0 aliphatic heterocycles. The van der Waals surface area contributed by atoms with Crippen molar-refractivity contribution in [2.24, 2.45) is 0 Å². The van der Waals surface area contributed by atoms with Crippen LogP contribution in [0.4, 0.5) is 0 Å². The molecule has 1 amide bonds. The molecular formula is C13H19N5O3. The smallest absolute Gasteiger partial charge is 0.244 e. The van der Waals surface area contributed by atoms with Crippen molar-refractivity contribution in [1.29, 1.82) is 0 Å². The molecule has 2 heterocycles. The number of rotatable bonds is 8. The summed E-state index contributed by atoms with van der Waals surface area (Å²) in [5.41, 5.74) is 0. The maximum atomic E-state index is 12.1. The van der Waals surface area contributed by atoms with Gasteiger partial charge in [-0.3, -0.25) is 9.48 Å². The van der Waals surface area contributed by atoms with E-state index in [1.807, 2.05) is 6.92 Å².